The summed E-state index contributed by atoms with van der Waals surface area (Å²) in [6.07, 6.45) is 0. The van der Waals surface area contributed by atoms with E-state index in [1.54, 1.807) is 80.9 Å². The maximum absolute atomic E-state index is 12.2. The Bertz CT molecular complexity index is 987. The number of rotatable bonds is 6. The summed E-state index contributed by atoms with van der Waals surface area (Å²) in [6.45, 7) is 1.41. The lowest BCUT2D eigenvalue weighted by atomic mass is 9.79. The zero-order valence-corrected chi connectivity index (χ0v) is 17.2. The van der Waals surface area contributed by atoms with E-state index < -0.39 is 5.60 Å². The molecule has 5 nitrogen and oxygen atoms in total. The second kappa shape index (κ2) is 8.55. The van der Waals surface area contributed by atoms with Crippen molar-refractivity contribution in [3.05, 3.63) is 88.4 Å². The number of hydrogen-bond acceptors (Lipinski definition) is 4. The molecule has 3 aromatic rings. The number of methoxy groups -OCH3 is 2. The minimum absolute atomic E-state index is 0.257. The van der Waals surface area contributed by atoms with Crippen molar-refractivity contribution < 1.29 is 19.4 Å². The Morgan fingerprint density at radius 2 is 1.48 bits per heavy atom. The largest absolute Gasteiger partial charge is 0.497 e. The van der Waals surface area contributed by atoms with E-state index in [2.05, 4.69) is 5.32 Å². The summed E-state index contributed by atoms with van der Waals surface area (Å²) in [5.41, 5.74) is 0.362. The first-order chi connectivity index (χ1) is 13.9. The van der Waals surface area contributed by atoms with Crippen molar-refractivity contribution >= 4 is 23.2 Å². The molecule has 3 rings (SSSR count). The minimum atomic E-state index is -1.63. The van der Waals surface area contributed by atoms with Gasteiger partial charge in [-0.2, -0.15) is 0 Å². The molecule has 150 valence electrons. The van der Waals surface area contributed by atoms with Crippen LogP contribution in [0, 0.1) is 0 Å². The summed E-state index contributed by atoms with van der Waals surface area (Å²) in [4.78, 5) is 11.8. The number of benzene rings is 3. The Hall–Kier alpha value is -3.02. The second-order valence-corrected chi connectivity index (χ2v) is 6.98. The molecule has 2 N–H and O–H groups in total. The lowest BCUT2D eigenvalue weighted by Gasteiger charge is -2.32. The van der Waals surface area contributed by atoms with E-state index in [1.807, 2.05) is 0 Å². The third kappa shape index (κ3) is 4.21. The molecule has 0 spiro atoms. The quantitative estimate of drug-likeness (QED) is 0.582. The van der Waals surface area contributed by atoms with Crippen LogP contribution in [0.25, 0.3) is 0 Å². The van der Waals surface area contributed by atoms with Crippen LogP contribution in [0.5, 0.6) is 11.5 Å². The molecule has 6 heteroatoms. The van der Waals surface area contributed by atoms with Gasteiger partial charge in [0, 0.05) is 23.2 Å². The molecule has 0 radical (unpaired) electrons. The number of carbonyl (C=O) groups excluding carboxylic acids is 1. The fourth-order valence-corrected chi connectivity index (χ4v) is 3.46. The highest BCUT2D eigenvalue weighted by molar-refractivity contribution is 6.30. The lowest BCUT2D eigenvalue weighted by molar-refractivity contribution is -0.114. The fourth-order valence-electron chi connectivity index (χ4n) is 3.29. The molecule has 3 aromatic carbocycles. The highest BCUT2D eigenvalue weighted by atomic mass is 35.5. The topological polar surface area (TPSA) is 67.8 Å². The van der Waals surface area contributed by atoms with Gasteiger partial charge in [0.1, 0.15) is 17.1 Å². The summed E-state index contributed by atoms with van der Waals surface area (Å²) in [6, 6.07) is 19.2. The molecule has 0 aliphatic carbocycles. The summed E-state index contributed by atoms with van der Waals surface area (Å²) in [5, 5.41) is 15.4. The van der Waals surface area contributed by atoms with Gasteiger partial charge in [-0.15, -0.1) is 0 Å². The molecule has 0 aliphatic heterocycles. The van der Waals surface area contributed by atoms with E-state index >= 15 is 0 Å². The molecule has 0 saturated carbocycles. The molecule has 0 aromatic heterocycles. The van der Waals surface area contributed by atoms with Gasteiger partial charge in [0.15, 0.2) is 0 Å². The molecular formula is C23H22ClNO4. The highest BCUT2D eigenvalue weighted by Gasteiger charge is 2.37. The number of hydrogen-bond donors (Lipinski definition) is 2. The van der Waals surface area contributed by atoms with Crippen LogP contribution in [0.2, 0.25) is 5.02 Å². The van der Waals surface area contributed by atoms with Crippen molar-refractivity contribution in [2.24, 2.45) is 0 Å². The van der Waals surface area contributed by atoms with Gasteiger partial charge in [-0.25, -0.2) is 0 Å². The van der Waals surface area contributed by atoms with Crippen molar-refractivity contribution in [1.29, 1.82) is 0 Å². The SMILES string of the molecule is COc1cccc(C(O)(c2cccc(OC)c2)c2cc(Cl)ccc2NC(C)=O)c1. The monoisotopic (exact) mass is 411 g/mol. The molecule has 0 aliphatic rings. The van der Waals surface area contributed by atoms with Crippen molar-refractivity contribution in [2.45, 2.75) is 12.5 Å². The van der Waals surface area contributed by atoms with E-state index in [-0.39, 0.29) is 5.91 Å². The Morgan fingerprint density at radius 1 is 0.931 bits per heavy atom. The smallest absolute Gasteiger partial charge is 0.221 e. The number of anilines is 1. The number of nitrogens with one attached hydrogen (secondary N) is 1. The van der Waals surface area contributed by atoms with Gasteiger partial charge in [-0.3, -0.25) is 4.79 Å². The van der Waals surface area contributed by atoms with Crippen molar-refractivity contribution in [1.82, 2.24) is 0 Å². The van der Waals surface area contributed by atoms with Gasteiger partial charge >= 0.3 is 0 Å². The third-order valence-corrected chi connectivity index (χ3v) is 4.89. The number of halogens is 1. The van der Waals surface area contributed by atoms with Crippen molar-refractivity contribution in [3.8, 4) is 11.5 Å². The van der Waals surface area contributed by atoms with E-state index in [1.165, 1.54) is 6.92 Å². The fraction of sp³-hybridized carbons (Fsp3) is 0.174. The number of ether oxygens (including phenoxy) is 2. The molecule has 0 bridgehead atoms. The zero-order valence-electron chi connectivity index (χ0n) is 16.4. The summed E-state index contributed by atoms with van der Waals surface area (Å²) in [7, 11) is 3.12. The Kier molecular flexibility index (Phi) is 6.11. The van der Waals surface area contributed by atoms with Crippen LogP contribution in [0.3, 0.4) is 0 Å². The van der Waals surface area contributed by atoms with Crippen LogP contribution in [-0.4, -0.2) is 25.2 Å². The molecule has 0 fully saturated rings. The van der Waals surface area contributed by atoms with Gasteiger partial charge < -0.3 is 19.9 Å². The van der Waals surface area contributed by atoms with Crippen LogP contribution in [0.4, 0.5) is 5.69 Å². The summed E-state index contributed by atoms with van der Waals surface area (Å²) >= 11 is 6.28. The molecule has 0 atom stereocenters. The van der Waals surface area contributed by atoms with Crippen LogP contribution in [-0.2, 0) is 10.4 Å². The molecule has 0 unspecified atom stereocenters. The highest BCUT2D eigenvalue weighted by Crippen LogP contribution is 2.43. The van der Waals surface area contributed by atoms with E-state index in [4.69, 9.17) is 21.1 Å². The Morgan fingerprint density at radius 3 is 1.97 bits per heavy atom. The minimum Gasteiger partial charge on any atom is -0.497 e. The van der Waals surface area contributed by atoms with Crippen molar-refractivity contribution in [2.75, 3.05) is 19.5 Å². The predicted molar refractivity (Wildman–Crippen MR) is 114 cm³/mol. The van der Waals surface area contributed by atoms with Crippen molar-refractivity contribution in [3.63, 3.8) is 0 Å². The predicted octanol–water partition coefficient (Wildman–Crippen LogP) is 4.60. The maximum atomic E-state index is 12.2. The van der Waals surface area contributed by atoms with Gasteiger partial charge in [-0.05, 0) is 53.6 Å². The molecule has 0 saturated heterocycles. The molecule has 29 heavy (non-hydrogen) atoms. The van der Waals surface area contributed by atoms with Gasteiger partial charge in [0.2, 0.25) is 5.91 Å². The molecular weight excluding hydrogens is 390 g/mol. The van der Waals surface area contributed by atoms with Gasteiger partial charge in [-0.1, -0.05) is 35.9 Å². The zero-order chi connectivity index (χ0) is 21.0. The van der Waals surface area contributed by atoms with Crippen LogP contribution in [0.1, 0.15) is 23.6 Å². The van der Waals surface area contributed by atoms with Crippen LogP contribution >= 0.6 is 11.6 Å². The molecule has 1 amide bonds. The average Bonchev–Trinajstić information content (AvgIpc) is 2.74. The first-order valence-electron chi connectivity index (χ1n) is 8.97. The van der Waals surface area contributed by atoms with Gasteiger partial charge in [0.25, 0.3) is 0 Å². The van der Waals surface area contributed by atoms with Crippen LogP contribution in [0.15, 0.2) is 66.7 Å². The first-order valence-corrected chi connectivity index (χ1v) is 9.35. The third-order valence-electron chi connectivity index (χ3n) is 4.66. The van der Waals surface area contributed by atoms with E-state index in [0.29, 0.717) is 38.9 Å². The van der Waals surface area contributed by atoms with E-state index in [9.17, 15) is 9.90 Å². The molecule has 0 heterocycles. The summed E-state index contributed by atoms with van der Waals surface area (Å²) in [5.74, 6) is 0.922. The first kappa shape index (κ1) is 20.7. The lowest BCUT2D eigenvalue weighted by Crippen LogP contribution is -2.30. The van der Waals surface area contributed by atoms with Crippen LogP contribution < -0.4 is 14.8 Å². The summed E-state index contributed by atoms with van der Waals surface area (Å²) < 4.78 is 10.7. The number of amides is 1. The average molecular weight is 412 g/mol. The standard InChI is InChI=1S/C23H22ClNO4/c1-15(26)25-22-11-10-18(24)14-21(22)23(27,16-6-4-8-19(12-16)28-2)17-7-5-9-20(13-17)29-3/h4-14,27H,1-3H3,(H,25,26). The number of carbonyl (C=O) groups is 1. The normalized spacial score (nSPS) is 11.1. The van der Waals surface area contributed by atoms with E-state index in [0.717, 1.165) is 0 Å². The number of aliphatic hydroxyl groups is 1. The Balaban J connectivity index is 2.34. The maximum Gasteiger partial charge on any atom is 0.221 e. The second-order valence-electron chi connectivity index (χ2n) is 6.55. The van der Waals surface area contributed by atoms with Gasteiger partial charge in [0.05, 0.1) is 14.2 Å². The Labute approximate surface area is 174 Å².